The van der Waals surface area contributed by atoms with Gasteiger partial charge in [-0.1, -0.05) is 0 Å². The number of carbonyl (C=O) groups is 2. The monoisotopic (exact) mass is 198 g/mol. The summed E-state index contributed by atoms with van der Waals surface area (Å²) >= 11 is 0. The van der Waals surface area contributed by atoms with Gasteiger partial charge < -0.3 is 10.4 Å². The minimum absolute atomic E-state index is 0.0666. The predicted molar refractivity (Wildman–Crippen MR) is 48.8 cm³/mol. The summed E-state index contributed by atoms with van der Waals surface area (Å²) in [6.07, 6.45) is 2.76. The summed E-state index contributed by atoms with van der Waals surface area (Å²) in [6.45, 7) is 0.567. The average molecular weight is 198 g/mol. The van der Waals surface area contributed by atoms with Crippen molar-refractivity contribution in [3.05, 3.63) is 0 Å². The van der Waals surface area contributed by atoms with Gasteiger partial charge in [0, 0.05) is 19.0 Å². The molecule has 1 aliphatic heterocycles. The molecule has 1 heterocycles. The number of hydrogen-bond acceptors (Lipinski definition) is 3. The third-order valence-electron chi connectivity index (χ3n) is 2.93. The molecule has 14 heavy (non-hydrogen) atoms. The molecule has 1 saturated heterocycles. The molecule has 5 nitrogen and oxygen atoms in total. The van der Waals surface area contributed by atoms with E-state index in [2.05, 4.69) is 10.6 Å². The van der Waals surface area contributed by atoms with Gasteiger partial charge in [-0.15, -0.1) is 0 Å². The third kappa shape index (κ3) is 1.72. The van der Waals surface area contributed by atoms with Crippen LogP contribution in [0.2, 0.25) is 0 Å². The Morgan fingerprint density at radius 3 is 2.79 bits per heavy atom. The van der Waals surface area contributed by atoms with Crippen molar-refractivity contribution in [2.75, 3.05) is 6.54 Å². The van der Waals surface area contributed by atoms with Crippen LogP contribution in [-0.4, -0.2) is 35.1 Å². The van der Waals surface area contributed by atoms with Gasteiger partial charge >= 0.3 is 5.97 Å². The summed E-state index contributed by atoms with van der Waals surface area (Å²) in [6, 6.07) is 0.110. The van der Waals surface area contributed by atoms with Crippen LogP contribution in [0.4, 0.5) is 0 Å². The molecule has 0 radical (unpaired) electrons. The van der Waals surface area contributed by atoms with Gasteiger partial charge in [0.1, 0.15) is 5.54 Å². The summed E-state index contributed by atoms with van der Waals surface area (Å²) < 4.78 is 0. The SMILES string of the molecule is O=C1CCC(CNC2(C(=O)O)CC2)N1. The molecule has 0 aromatic carbocycles. The molecule has 0 bridgehead atoms. The molecule has 1 atom stereocenters. The van der Waals surface area contributed by atoms with E-state index in [4.69, 9.17) is 5.11 Å². The largest absolute Gasteiger partial charge is 0.480 e. The van der Waals surface area contributed by atoms with Crippen molar-refractivity contribution in [3.8, 4) is 0 Å². The maximum atomic E-state index is 10.9. The normalized spacial score (nSPS) is 28.6. The molecule has 2 rings (SSSR count). The minimum Gasteiger partial charge on any atom is -0.480 e. The van der Waals surface area contributed by atoms with E-state index in [1.807, 2.05) is 0 Å². The standard InChI is InChI=1S/C9H14N2O3/c12-7-2-1-6(11-7)5-10-9(3-4-9)8(13)14/h6,10H,1-5H2,(H,11,12)(H,13,14). The van der Waals surface area contributed by atoms with E-state index in [1.54, 1.807) is 0 Å². The molecule has 1 amide bonds. The topological polar surface area (TPSA) is 78.4 Å². The van der Waals surface area contributed by atoms with Crippen LogP contribution in [0.15, 0.2) is 0 Å². The summed E-state index contributed by atoms with van der Waals surface area (Å²) in [5, 5.41) is 14.7. The number of carboxylic acids is 1. The lowest BCUT2D eigenvalue weighted by atomic mass is 10.2. The highest BCUT2D eigenvalue weighted by atomic mass is 16.4. The molecule has 0 spiro atoms. The lowest BCUT2D eigenvalue weighted by molar-refractivity contribution is -0.140. The molecule has 0 aromatic heterocycles. The zero-order valence-corrected chi connectivity index (χ0v) is 7.88. The van der Waals surface area contributed by atoms with Crippen molar-refractivity contribution in [2.45, 2.75) is 37.3 Å². The fourth-order valence-electron chi connectivity index (χ4n) is 1.74. The molecular formula is C9H14N2O3. The van der Waals surface area contributed by atoms with E-state index in [0.717, 1.165) is 6.42 Å². The Morgan fingerprint density at radius 1 is 1.64 bits per heavy atom. The van der Waals surface area contributed by atoms with E-state index in [0.29, 0.717) is 25.8 Å². The highest BCUT2D eigenvalue weighted by Gasteiger charge is 2.50. The molecular weight excluding hydrogens is 184 g/mol. The Kier molecular flexibility index (Phi) is 2.19. The van der Waals surface area contributed by atoms with E-state index in [9.17, 15) is 9.59 Å². The van der Waals surface area contributed by atoms with Gasteiger partial charge in [-0.3, -0.25) is 14.9 Å². The first-order valence-corrected chi connectivity index (χ1v) is 4.90. The predicted octanol–water partition coefficient (Wildman–Crippen LogP) is -0.528. The summed E-state index contributed by atoms with van der Waals surface area (Å²) in [7, 11) is 0. The Hall–Kier alpha value is -1.10. The maximum absolute atomic E-state index is 10.9. The maximum Gasteiger partial charge on any atom is 0.323 e. The van der Waals surface area contributed by atoms with E-state index < -0.39 is 11.5 Å². The average Bonchev–Trinajstić information content (AvgIpc) is 2.82. The molecule has 0 aromatic rings. The second-order valence-corrected chi connectivity index (χ2v) is 4.07. The van der Waals surface area contributed by atoms with Gasteiger partial charge in [0.15, 0.2) is 0 Å². The molecule has 3 N–H and O–H groups in total. The Morgan fingerprint density at radius 2 is 2.36 bits per heavy atom. The number of nitrogens with one attached hydrogen (secondary N) is 2. The quantitative estimate of drug-likeness (QED) is 0.567. The van der Waals surface area contributed by atoms with Gasteiger partial charge in [0.05, 0.1) is 0 Å². The lowest BCUT2D eigenvalue weighted by Crippen LogP contribution is -2.45. The minimum atomic E-state index is -0.776. The zero-order valence-electron chi connectivity index (χ0n) is 7.88. The summed E-state index contributed by atoms with van der Waals surface area (Å²) in [5.74, 6) is -0.709. The van der Waals surface area contributed by atoms with E-state index in [1.165, 1.54) is 0 Å². The van der Waals surface area contributed by atoms with E-state index >= 15 is 0 Å². The molecule has 78 valence electrons. The molecule has 2 fully saturated rings. The lowest BCUT2D eigenvalue weighted by Gasteiger charge is -2.16. The van der Waals surface area contributed by atoms with Crippen LogP contribution in [0.25, 0.3) is 0 Å². The summed E-state index contributed by atoms with van der Waals surface area (Å²) in [5.41, 5.74) is -0.687. The Bertz CT molecular complexity index is 273. The molecule has 1 saturated carbocycles. The Labute approximate surface area is 81.9 Å². The van der Waals surface area contributed by atoms with Crippen molar-refractivity contribution in [3.63, 3.8) is 0 Å². The van der Waals surface area contributed by atoms with Gasteiger partial charge in [-0.05, 0) is 19.3 Å². The number of hydrogen-bond donors (Lipinski definition) is 3. The number of carboxylic acid groups (broad SMARTS) is 1. The van der Waals surface area contributed by atoms with Gasteiger partial charge in [-0.25, -0.2) is 0 Å². The zero-order chi connectivity index (χ0) is 10.2. The smallest absolute Gasteiger partial charge is 0.323 e. The number of carbonyl (C=O) groups excluding carboxylic acids is 1. The van der Waals surface area contributed by atoms with Crippen LogP contribution in [0.1, 0.15) is 25.7 Å². The van der Waals surface area contributed by atoms with Crippen LogP contribution in [-0.2, 0) is 9.59 Å². The third-order valence-corrected chi connectivity index (χ3v) is 2.93. The molecule has 1 aliphatic carbocycles. The summed E-state index contributed by atoms with van der Waals surface area (Å²) in [4.78, 5) is 21.7. The fraction of sp³-hybridized carbons (Fsp3) is 0.778. The highest BCUT2D eigenvalue weighted by molar-refractivity contribution is 5.82. The first kappa shape index (κ1) is 9.45. The van der Waals surface area contributed by atoms with Crippen LogP contribution in [0, 0.1) is 0 Å². The molecule has 5 heteroatoms. The highest BCUT2D eigenvalue weighted by Crippen LogP contribution is 2.35. The van der Waals surface area contributed by atoms with Crippen LogP contribution < -0.4 is 10.6 Å². The van der Waals surface area contributed by atoms with Gasteiger partial charge in [-0.2, -0.15) is 0 Å². The van der Waals surface area contributed by atoms with Gasteiger partial charge in [0.25, 0.3) is 0 Å². The number of aliphatic carboxylic acids is 1. The van der Waals surface area contributed by atoms with Crippen LogP contribution in [0.5, 0.6) is 0 Å². The molecule has 1 unspecified atom stereocenters. The van der Waals surface area contributed by atoms with Crippen molar-refractivity contribution in [1.29, 1.82) is 0 Å². The fourth-order valence-corrected chi connectivity index (χ4v) is 1.74. The second-order valence-electron chi connectivity index (χ2n) is 4.07. The number of amides is 1. The van der Waals surface area contributed by atoms with E-state index in [-0.39, 0.29) is 11.9 Å². The van der Waals surface area contributed by atoms with Gasteiger partial charge in [0.2, 0.25) is 5.91 Å². The Balaban J connectivity index is 1.77. The molecule has 2 aliphatic rings. The first-order valence-electron chi connectivity index (χ1n) is 4.90. The number of rotatable bonds is 4. The van der Waals surface area contributed by atoms with Crippen LogP contribution >= 0.6 is 0 Å². The van der Waals surface area contributed by atoms with Crippen molar-refractivity contribution in [1.82, 2.24) is 10.6 Å². The first-order chi connectivity index (χ1) is 6.62. The van der Waals surface area contributed by atoms with Crippen LogP contribution in [0.3, 0.4) is 0 Å². The van der Waals surface area contributed by atoms with Crippen molar-refractivity contribution in [2.24, 2.45) is 0 Å². The second kappa shape index (κ2) is 3.24. The van der Waals surface area contributed by atoms with Crippen molar-refractivity contribution >= 4 is 11.9 Å². The van der Waals surface area contributed by atoms with Crippen molar-refractivity contribution < 1.29 is 14.7 Å².